The van der Waals surface area contributed by atoms with Crippen LogP contribution in [-0.2, 0) is 16.6 Å². The number of nitrogens with zero attached hydrogens (tertiary/aromatic N) is 1. The van der Waals surface area contributed by atoms with Crippen LogP contribution in [0.15, 0.2) is 40.7 Å². The fourth-order valence-electron chi connectivity index (χ4n) is 3.43. The Labute approximate surface area is 169 Å². The number of nitrogens with one attached hydrogen (secondary N) is 1. The second-order valence-electron chi connectivity index (χ2n) is 6.69. The number of benzene rings is 1. The maximum atomic E-state index is 6.28. The molecule has 1 aromatic carbocycles. The number of aliphatic imine (C=N–C) groups is 1. The minimum Gasteiger partial charge on any atom is -0.496 e. The van der Waals surface area contributed by atoms with Crippen molar-refractivity contribution < 1.29 is 9.47 Å². The Morgan fingerprint density at radius 2 is 2.19 bits per heavy atom. The van der Waals surface area contributed by atoms with Crippen LogP contribution in [-0.4, -0.2) is 39.4 Å². The van der Waals surface area contributed by atoms with Gasteiger partial charge in [0, 0.05) is 40.6 Å². The van der Waals surface area contributed by atoms with Crippen molar-refractivity contribution >= 4 is 28.9 Å². The first-order chi connectivity index (χ1) is 13.1. The molecule has 1 fully saturated rings. The lowest BCUT2D eigenvalue weighted by atomic mass is 9.73. The summed E-state index contributed by atoms with van der Waals surface area (Å²) in [6, 6.07) is 9.94. The smallest absolute Gasteiger partial charge is 0.188 e. The van der Waals surface area contributed by atoms with Gasteiger partial charge in [0.15, 0.2) is 5.96 Å². The molecule has 27 heavy (non-hydrogen) atoms. The van der Waals surface area contributed by atoms with E-state index in [4.69, 9.17) is 26.8 Å². The van der Waals surface area contributed by atoms with Crippen molar-refractivity contribution in [1.29, 1.82) is 0 Å². The molecule has 0 amide bonds. The predicted octanol–water partition coefficient (Wildman–Crippen LogP) is 3.61. The number of guanidine groups is 1. The molecule has 0 aliphatic carbocycles. The van der Waals surface area contributed by atoms with E-state index in [0.717, 1.165) is 37.1 Å². The molecular formula is C20H26ClN3O2S. The summed E-state index contributed by atoms with van der Waals surface area (Å²) in [6.07, 6.45) is 2.65. The first-order valence-corrected chi connectivity index (χ1v) is 10.4. The highest BCUT2D eigenvalue weighted by Crippen LogP contribution is 2.41. The van der Waals surface area contributed by atoms with E-state index in [9.17, 15) is 0 Å². The number of methoxy groups -OCH3 is 1. The second-order valence-corrected chi connectivity index (χ2v) is 8.16. The van der Waals surface area contributed by atoms with Gasteiger partial charge in [-0.15, -0.1) is 11.3 Å². The molecule has 0 atom stereocenters. The highest BCUT2D eigenvalue weighted by atomic mass is 35.5. The minimum absolute atomic E-state index is 0.186. The van der Waals surface area contributed by atoms with Gasteiger partial charge in [-0.3, -0.25) is 4.99 Å². The molecule has 2 aromatic rings. The van der Waals surface area contributed by atoms with Gasteiger partial charge in [-0.05, 0) is 48.9 Å². The van der Waals surface area contributed by atoms with E-state index in [1.165, 1.54) is 4.88 Å². The summed E-state index contributed by atoms with van der Waals surface area (Å²) in [5, 5.41) is 6.00. The quantitative estimate of drug-likeness (QED) is 0.543. The molecule has 3 N–H and O–H groups in total. The zero-order valence-corrected chi connectivity index (χ0v) is 17.1. The first-order valence-electron chi connectivity index (χ1n) is 9.11. The third kappa shape index (κ3) is 5.15. The fraction of sp³-hybridized carbons (Fsp3) is 0.450. The van der Waals surface area contributed by atoms with Gasteiger partial charge in [0.2, 0.25) is 0 Å². The summed E-state index contributed by atoms with van der Waals surface area (Å²) in [7, 11) is 1.68. The Morgan fingerprint density at radius 3 is 2.89 bits per heavy atom. The Kier molecular flexibility index (Phi) is 6.99. The summed E-state index contributed by atoms with van der Waals surface area (Å²) in [5.41, 5.74) is 7.02. The lowest BCUT2D eigenvalue weighted by Crippen LogP contribution is -2.40. The van der Waals surface area contributed by atoms with Crippen LogP contribution in [0.3, 0.4) is 0 Å². The molecule has 5 nitrogen and oxygen atoms in total. The lowest BCUT2D eigenvalue weighted by molar-refractivity contribution is 0.0523. The number of nitrogens with two attached hydrogens (primary N) is 1. The summed E-state index contributed by atoms with van der Waals surface area (Å²) >= 11 is 8.03. The lowest BCUT2D eigenvalue weighted by Gasteiger charge is -2.37. The van der Waals surface area contributed by atoms with Crippen molar-refractivity contribution in [1.82, 2.24) is 5.32 Å². The van der Waals surface area contributed by atoms with Crippen LogP contribution in [0, 0.1) is 0 Å². The van der Waals surface area contributed by atoms with Gasteiger partial charge in [-0.2, -0.15) is 0 Å². The molecule has 0 radical (unpaired) electrons. The maximum absolute atomic E-state index is 6.28. The van der Waals surface area contributed by atoms with E-state index in [2.05, 4.69) is 27.8 Å². The third-order valence-corrected chi connectivity index (χ3v) is 6.16. The van der Waals surface area contributed by atoms with E-state index in [1.54, 1.807) is 18.4 Å². The molecule has 0 unspecified atom stereocenters. The van der Waals surface area contributed by atoms with Gasteiger partial charge in [0.1, 0.15) is 5.75 Å². The number of thiophene rings is 1. The maximum Gasteiger partial charge on any atom is 0.188 e. The standard InChI is InChI=1S/C20H26ClN3O2S/c1-25-18-5-4-15(21)13-17(18)20(7-10-26-11-8-20)14-24-19(22)23-9-6-16-3-2-12-27-16/h2-5,12-13H,6-11,14H2,1H3,(H3,22,23,24). The van der Waals surface area contributed by atoms with Gasteiger partial charge in [0.25, 0.3) is 0 Å². The molecule has 1 saturated heterocycles. The number of ether oxygens (including phenoxy) is 2. The number of hydrogen-bond donors (Lipinski definition) is 2. The predicted molar refractivity (Wildman–Crippen MR) is 112 cm³/mol. The van der Waals surface area contributed by atoms with E-state index in [1.807, 2.05) is 18.2 Å². The van der Waals surface area contributed by atoms with Crippen LogP contribution in [0.4, 0.5) is 0 Å². The third-order valence-electron chi connectivity index (χ3n) is 4.99. The SMILES string of the molecule is COc1ccc(Cl)cc1C1(CN=C(N)NCCc2cccs2)CCOCC1. The van der Waals surface area contributed by atoms with E-state index in [-0.39, 0.29) is 5.41 Å². The van der Waals surface area contributed by atoms with Gasteiger partial charge in [0.05, 0.1) is 13.7 Å². The molecule has 2 heterocycles. The number of hydrogen-bond acceptors (Lipinski definition) is 4. The van der Waals surface area contributed by atoms with Crippen LogP contribution in [0.25, 0.3) is 0 Å². The van der Waals surface area contributed by atoms with Gasteiger partial charge in [-0.25, -0.2) is 0 Å². The molecule has 1 aliphatic heterocycles. The Balaban J connectivity index is 1.72. The van der Waals surface area contributed by atoms with Crippen LogP contribution < -0.4 is 15.8 Å². The van der Waals surface area contributed by atoms with Crippen molar-refractivity contribution in [2.24, 2.45) is 10.7 Å². The first kappa shape index (κ1) is 20.0. The molecule has 1 aromatic heterocycles. The van der Waals surface area contributed by atoms with Crippen LogP contribution in [0.1, 0.15) is 23.3 Å². The Bertz CT molecular complexity index is 759. The fourth-order valence-corrected chi connectivity index (χ4v) is 4.31. The summed E-state index contributed by atoms with van der Waals surface area (Å²) in [4.78, 5) is 5.99. The molecule has 0 spiro atoms. The van der Waals surface area contributed by atoms with Crippen molar-refractivity contribution in [2.75, 3.05) is 33.4 Å². The Hall–Kier alpha value is -1.76. The van der Waals surface area contributed by atoms with Gasteiger partial charge >= 0.3 is 0 Å². The molecule has 0 bridgehead atoms. The zero-order valence-electron chi connectivity index (χ0n) is 15.5. The molecule has 3 rings (SSSR count). The second kappa shape index (κ2) is 9.44. The largest absolute Gasteiger partial charge is 0.496 e. The Morgan fingerprint density at radius 1 is 1.37 bits per heavy atom. The summed E-state index contributed by atoms with van der Waals surface area (Å²) < 4.78 is 11.2. The van der Waals surface area contributed by atoms with E-state index >= 15 is 0 Å². The molecular weight excluding hydrogens is 382 g/mol. The zero-order chi connectivity index (χ0) is 19.1. The minimum atomic E-state index is -0.186. The van der Waals surface area contributed by atoms with Crippen molar-refractivity contribution in [3.63, 3.8) is 0 Å². The molecule has 1 aliphatic rings. The molecule has 0 saturated carbocycles. The van der Waals surface area contributed by atoms with Crippen molar-refractivity contribution in [2.45, 2.75) is 24.7 Å². The van der Waals surface area contributed by atoms with Gasteiger partial charge < -0.3 is 20.5 Å². The van der Waals surface area contributed by atoms with Crippen molar-refractivity contribution in [3.05, 3.63) is 51.2 Å². The van der Waals surface area contributed by atoms with Crippen LogP contribution >= 0.6 is 22.9 Å². The molecule has 7 heteroatoms. The highest BCUT2D eigenvalue weighted by molar-refractivity contribution is 7.09. The average Bonchev–Trinajstić information content (AvgIpc) is 3.20. The number of rotatable bonds is 7. The van der Waals surface area contributed by atoms with Crippen LogP contribution in [0.2, 0.25) is 5.02 Å². The molecule has 146 valence electrons. The topological polar surface area (TPSA) is 68.9 Å². The highest BCUT2D eigenvalue weighted by Gasteiger charge is 2.37. The normalized spacial score (nSPS) is 16.9. The number of halogens is 1. The monoisotopic (exact) mass is 407 g/mol. The average molecular weight is 408 g/mol. The summed E-state index contributed by atoms with van der Waals surface area (Å²) in [5.74, 6) is 1.30. The van der Waals surface area contributed by atoms with Crippen molar-refractivity contribution in [3.8, 4) is 5.75 Å². The summed E-state index contributed by atoms with van der Waals surface area (Å²) in [6.45, 7) is 2.73. The van der Waals surface area contributed by atoms with E-state index < -0.39 is 0 Å². The van der Waals surface area contributed by atoms with Gasteiger partial charge in [-0.1, -0.05) is 17.7 Å². The van der Waals surface area contributed by atoms with Crippen LogP contribution in [0.5, 0.6) is 5.75 Å². The van der Waals surface area contributed by atoms with E-state index in [0.29, 0.717) is 30.7 Å².